The van der Waals surface area contributed by atoms with Crippen LogP contribution in [0.1, 0.15) is 44.6 Å². The third-order valence-corrected chi connectivity index (χ3v) is 6.31. The highest BCUT2D eigenvalue weighted by Gasteiger charge is 2.19. The van der Waals surface area contributed by atoms with Crippen molar-refractivity contribution in [3.05, 3.63) is 29.8 Å². The van der Waals surface area contributed by atoms with Crippen molar-refractivity contribution in [2.45, 2.75) is 61.6 Å². The molecule has 0 aliphatic heterocycles. The quantitative estimate of drug-likeness (QED) is 0.715. The summed E-state index contributed by atoms with van der Waals surface area (Å²) in [5, 5.41) is 15.5. The first kappa shape index (κ1) is 18.2. The molecule has 1 aromatic heterocycles. The Morgan fingerprint density at radius 1 is 1.28 bits per heavy atom. The molecule has 1 aliphatic rings. The summed E-state index contributed by atoms with van der Waals surface area (Å²) in [4.78, 5) is 12.4. The van der Waals surface area contributed by atoms with E-state index in [0.29, 0.717) is 6.04 Å². The zero-order chi connectivity index (χ0) is 17.6. The Morgan fingerprint density at radius 3 is 2.84 bits per heavy atom. The van der Waals surface area contributed by atoms with Crippen molar-refractivity contribution in [3.63, 3.8) is 0 Å². The Hall–Kier alpha value is -1.60. The lowest BCUT2D eigenvalue weighted by Crippen LogP contribution is -2.22. The molecule has 2 N–H and O–H groups in total. The number of hydrogen-bond acceptors (Lipinski definition) is 6. The van der Waals surface area contributed by atoms with Crippen molar-refractivity contribution < 1.29 is 4.79 Å². The Labute approximate surface area is 157 Å². The molecule has 3 rings (SSSR count). The lowest BCUT2D eigenvalue weighted by Gasteiger charge is -2.21. The van der Waals surface area contributed by atoms with Crippen LogP contribution in [0.5, 0.6) is 0 Å². The molecule has 25 heavy (non-hydrogen) atoms. The van der Waals surface area contributed by atoms with Crippen LogP contribution in [0.4, 0.5) is 10.8 Å². The molecule has 1 aromatic carbocycles. The molecule has 1 saturated carbocycles. The predicted molar refractivity (Wildman–Crippen MR) is 106 cm³/mol. The van der Waals surface area contributed by atoms with E-state index in [2.05, 4.69) is 20.8 Å². The molecule has 0 saturated heterocycles. The largest absolute Gasteiger partial charge is 0.357 e. The van der Waals surface area contributed by atoms with E-state index >= 15 is 0 Å². The third-order valence-electron chi connectivity index (χ3n) is 4.27. The summed E-state index contributed by atoms with van der Waals surface area (Å²) >= 11 is 2.98. The van der Waals surface area contributed by atoms with Gasteiger partial charge >= 0.3 is 0 Å². The summed E-state index contributed by atoms with van der Waals surface area (Å²) in [5.74, 6) is -0.0208. The molecule has 1 unspecified atom stereocenters. The van der Waals surface area contributed by atoms with Gasteiger partial charge in [0.15, 0.2) is 4.34 Å². The number of hydrogen-bond donors (Lipinski definition) is 2. The molecular formula is C18H24N4OS2. The van der Waals surface area contributed by atoms with Gasteiger partial charge < -0.3 is 10.6 Å². The highest BCUT2D eigenvalue weighted by atomic mass is 32.2. The second-order valence-electron chi connectivity index (χ2n) is 6.47. The Balaban J connectivity index is 1.52. The number of carbonyl (C=O) groups excluding carboxylic acids is 1. The minimum Gasteiger partial charge on any atom is -0.357 e. The zero-order valence-electron chi connectivity index (χ0n) is 14.6. The van der Waals surface area contributed by atoms with E-state index in [0.717, 1.165) is 20.7 Å². The van der Waals surface area contributed by atoms with E-state index in [4.69, 9.17) is 0 Å². The molecular weight excluding hydrogens is 352 g/mol. The molecule has 1 aliphatic carbocycles. The van der Waals surface area contributed by atoms with Crippen molar-refractivity contribution in [2.75, 3.05) is 10.6 Å². The monoisotopic (exact) mass is 376 g/mol. The van der Waals surface area contributed by atoms with E-state index in [1.54, 1.807) is 0 Å². The smallest absolute Gasteiger partial charge is 0.237 e. The van der Waals surface area contributed by atoms with E-state index in [1.165, 1.54) is 55.2 Å². The van der Waals surface area contributed by atoms with Crippen LogP contribution in [0.15, 0.2) is 28.6 Å². The maximum atomic E-state index is 12.4. The van der Waals surface area contributed by atoms with Crippen LogP contribution < -0.4 is 10.6 Å². The van der Waals surface area contributed by atoms with Crippen LogP contribution in [0, 0.1) is 6.92 Å². The highest BCUT2D eigenvalue weighted by Crippen LogP contribution is 2.31. The second kappa shape index (κ2) is 8.67. The molecule has 1 atom stereocenters. The fourth-order valence-corrected chi connectivity index (χ4v) is 4.88. The van der Waals surface area contributed by atoms with Crippen molar-refractivity contribution in [1.82, 2.24) is 10.2 Å². The van der Waals surface area contributed by atoms with Crippen LogP contribution in [-0.4, -0.2) is 27.4 Å². The summed E-state index contributed by atoms with van der Waals surface area (Å²) < 4.78 is 0.824. The fraction of sp³-hybridized carbons (Fsp3) is 0.500. The Bertz CT molecular complexity index is 713. The van der Waals surface area contributed by atoms with Crippen LogP contribution in [0.3, 0.4) is 0 Å². The second-order valence-corrected chi connectivity index (χ2v) is 9.04. The lowest BCUT2D eigenvalue weighted by molar-refractivity contribution is -0.115. The number of rotatable bonds is 6. The van der Waals surface area contributed by atoms with Gasteiger partial charge in [0.05, 0.1) is 5.25 Å². The minimum absolute atomic E-state index is 0.0208. The number of aromatic nitrogens is 2. The van der Waals surface area contributed by atoms with Crippen LogP contribution >= 0.6 is 23.1 Å². The molecule has 5 nitrogen and oxygen atoms in total. The topological polar surface area (TPSA) is 66.9 Å². The third kappa shape index (κ3) is 5.44. The SMILES string of the molecule is Cc1cccc(NC(=O)C(C)Sc2nnc(NC3CCCCC3)s2)c1. The van der Waals surface area contributed by atoms with Crippen molar-refractivity contribution in [2.24, 2.45) is 0 Å². The normalized spacial score (nSPS) is 16.4. The van der Waals surface area contributed by atoms with Gasteiger partial charge in [0.25, 0.3) is 0 Å². The first-order valence-corrected chi connectivity index (χ1v) is 10.4. The number of thioether (sulfide) groups is 1. The van der Waals surface area contributed by atoms with Gasteiger partial charge in [-0.05, 0) is 44.4 Å². The minimum atomic E-state index is -0.226. The van der Waals surface area contributed by atoms with Crippen molar-refractivity contribution >= 4 is 39.8 Å². The number of nitrogens with one attached hydrogen (secondary N) is 2. The Morgan fingerprint density at radius 2 is 2.08 bits per heavy atom. The number of benzene rings is 1. The number of amides is 1. The lowest BCUT2D eigenvalue weighted by atomic mass is 9.96. The molecule has 0 radical (unpaired) electrons. The van der Waals surface area contributed by atoms with Gasteiger partial charge in [-0.1, -0.05) is 54.5 Å². The molecule has 0 spiro atoms. The van der Waals surface area contributed by atoms with Gasteiger partial charge in [0.2, 0.25) is 11.0 Å². The molecule has 2 aromatic rings. The van der Waals surface area contributed by atoms with E-state index in [1.807, 2.05) is 38.1 Å². The first-order valence-electron chi connectivity index (χ1n) is 8.74. The van der Waals surface area contributed by atoms with Crippen molar-refractivity contribution in [3.8, 4) is 0 Å². The van der Waals surface area contributed by atoms with Crippen LogP contribution in [-0.2, 0) is 4.79 Å². The van der Waals surface area contributed by atoms with Gasteiger partial charge in [-0.2, -0.15) is 0 Å². The van der Waals surface area contributed by atoms with Crippen LogP contribution in [0.2, 0.25) is 0 Å². The number of anilines is 2. The zero-order valence-corrected chi connectivity index (χ0v) is 16.3. The Kier molecular flexibility index (Phi) is 6.31. The summed E-state index contributed by atoms with van der Waals surface area (Å²) in [5.41, 5.74) is 1.95. The molecule has 0 bridgehead atoms. The van der Waals surface area contributed by atoms with E-state index < -0.39 is 0 Å². The highest BCUT2D eigenvalue weighted by molar-refractivity contribution is 8.02. The number of aryl methyl sites for hydroxylation is 1. The fourth-order valence-electron chi connectivity index (χ4n) is 2.91. The average Bonchev–Trinajstić information content (AvgIpc) is 3.02. The van der Waals surface area contributed by atoms with Crippen LogP contribution in [0.25, 0.3) is 0 Å². The summed E-state index contributed by atoms with van der Waals surface area (Å²) in [6, 6.07) is 8.33. The van der Waals surface area contributed by atoms with E-state index in [-0.39, 0.29) is 11.2 Å². The van der Waals surface area contributed by atoms with Gasteiger partial charge in [0, 0.05) is 11.7 Å². The molecule has 7 heteroatoms. The average molecular weight is 377 g/mol. The standard InChI is InChI=1S/C18H24N4OS2/c1-12-7-6-10-15(11-12)19-16(23)13(2)24-18-22-21-17(25-18)20-14-8-4-3-5-9-14/h6-7,10-11,13-14H,3-5,8-9H2,1-2H3,(H,19,23)(H,20,21). The molecule has 1 fully saturated rings. The summed E-state index contributed by atoms with van der Waals surface area (Å²) in [6.07, 6.45) is 6.32. The van der Waals surface area contributed by atoms with Gasteiger partial charge in [-0.25, -0.2) is 0 Å². The predicted octanol–water partition coefficient (Wildman–Crippen LogP) is 4.71. The van der Waals surface area contributed by atoms with E-state index in [9.17, 15) is 4.79 Å². The molecule has 1 heterocycles. The number of nitrogens with zero attached hydrogens (tertiary/aromatic N) is 2. The maximum absolute atomic E-state index is 12.4. The molecule has 134 valence electrons. The van der Waals surface area contributed by atoms with Gasteiger partial charge in [-0.3, -0.25) is 4.79 Å². The van der Waals surface area contributed by atoms with Gasteiger partial charge in [-0.15, -0.1) is 10.2 Å². The summed E-state index contributed by atoms with van der Waals surface area (Å²) in [6.45, 7) is 3.90. The summed E-state index contributed by atoms with van der Waals surface area (Å²) in [7, 11) is 0. The van der Waals surface area contributed by atoms with Gasteiger partial charge in [0.1, 0.15) is 0 Å². The molecule has 1 amide bonds. The van der Waals surface area contributed by atoms with Crippen molar-refractivity contribution in [1.29, 1.82) is 0 Å². The first-order chi connectivity index (χ1) is 12.1. The number of carbonyl (C=O) groups is 1. The maximum Gasteiger partial charge on any atom is 0.237 e.